The van der Waals surface area contributed by atoms with Crippen LogP contribution in [0.25, 0.3) is 0 Å². The molecule has 2 aromatic rings. The number of aryl methyl sites for hydroxylation is 1. The zero-order chi connectivity index (χ0) is 16.8. The van der Waals surface area contributed by atoms with Gasteiger partial charge in [-0.05, 0) is 48.9 Å². The van der Waals surface area contributed by atoms with Crippen LogP contribution in [-0.4, -0.2) is 26.2 Å². The van der Waals surface area contributed by atoms with Crippen molar-refractivity contribution in [3.8, 4) is 5.75 Å². The molecule has 0 amide bonds. The molecule has 4 nitrogen and oxygen atoms in total. The number of nitrogens with one attached hydrogen (secondary N) is 1. The van der Waals surface area contributed by atoms with Gasteiger partial charge >= 0.3 is 5.97 Å². The molecule has 0 saturated heterocycles. The fourth-order valence-electron chi connectivity index (χ4n) is 2.01. The fraction of sp³-hybridized carbons (Fsp3) is 0.235. The normalized spacial score (nSPS) is 10.3. The molecule has 0 spiro atoms. The van der Waals surface area contributed by atoms with E-state index in [0.717, 1.165) is 15.8 Å². The Balaban J connectivity index is 1.93. The lowest BCUT2D eigenvalue weighted by molar-refractivity contribution is 0.0601. The highest BCUT2D eigenvalue weighted by molar-refractivity contribution is 9.10. The molecule has 2 rings (SSSR count). The van der Waals surface area contributed by atoms with E-state index in [0.29, 0.717) is 29.4 Å². The largest absolute Gasteiger partial charge is 0.492 e. The predicted octanol–water partition coefficient (Wildman–Crippen LogP) is 4.69. The van der Waals surface area contributed by atoms with Gasteiger partial charge < -0.3 is 14.8 Å². The molecule has 0 aliphatic rings. The van der Waals surface area contributed by atoms with E-state index in [1.165, 1.54) is 7.11 Å². The molecule has 0 heterocycles. The molecule has 2 aromatic carbocycles. The molecule has 0 fully saturated rings. The Bertz CT molecular complexity index is 706. The minimum absolute atomic E-state index is 0.386. The van der Waals surface area contributed by atoms with Crippen molar-refractivity contribution in [2.45, 2.75) is 6.92 Å². The number of hydrogen-bond donors (Lipinski definition) is 1. The number of hydrogen-bond acceptors (Lipinski definition) is 4. The van der Waals surface area contributed by atoms with Gasteiger partial charge in [-0.3, -0.25) is 0 Å². The molecule has 0 aromatic heterocycles. The first-order valence-corrected chi connectivity index (χ1v) is 8.19. The monoisotopic (exact) mass is 397 g/mol. The molecule has 0 unspecified atom stereocenters. The van der Waals surface area contributed by atoms with Crippen LogP contribution in [-0.2, 0) is 4.74 Å². The van der Waals surface area contributed by atoms with Crippen LogP contribution in [0.2, 0.25) is 5.02 Å². The second kappa shape index (κ2) is 8.22. The van der Waals surface area contributed by atoms with E-state index in [9.17, 15) is 4.79 Å². The van der Waals surface area contributed by atoms with Crippen LogP contribution in [0.15, 0.2) is 40.9 Å². The number of ether oxygens (including phenoxy) is 2. The Kier molecular flexibility index (Phi) is 6.30. The minimum atomic E-state index is -0.386. The van der Waals surface area contributed by atoms with Crippen LogP contribution in [0.5, 0.6) is 5.75 Å². The van der Waals surface area contributed by atoms with Crippen molar-refractivity contribution in [3.63, 3.8) is 0 Å². The summed E-state index contributed by atoms with van der Waals surface area (Å²) in [6, 6.07) is 10.9. The van der Waals surface area contributed by atoms with Crippen LogP contribution in [0.4, 0.5) is 5.69 Å². The molecule has 0 aliphatic heterocycles. The molecule has 122 valence electrons. The third kappa shape index (κ3) is 4.88. The number of halogens is 2. The van der Waals surface area contributed by atoms with Crippen molar-refractivity contribution in [3.05, 3.63) is 57.0 Å². The van der Waals surface area contributed by atoms with Crippen molar-refractivity contribution < 1.29 is 14.3 Å². The van der Waals surface area contributed by atoms with Gasteiger partial charge in [0.1, 0.15) is 12.4 Å². The van der Waals surface area contributed by atoms with Crippen LogP contribution in [0.1, 0.15) is 15.9 Å². The van der Waals surface area contributed by atoms with Gasteiger partial charge in [0.15, 0.2) is 0 Å². The van der Waals surface area contributed by atoms with Gasteiger partial charge in [0.2, 0.25) is 0 Å². The Morgan fingerprint density at radius 3 is 2.74 bits per heavy atom. The second-order valence-electron chi connectivity index (χ2n) is 4.87. The number of rotatable bonds is 6. The maximum atomic E-state index is 11.8. The highest BCUT2D eigenvalue weighted by atomic mass is 79.9. The van der Waals surface area contributed by atoms with Gasteiger partial charge in [0.25, 0.3) is 0 Å². The van der Waals surface area contributed by atoms with Gasteiger partial charge in [-0.1, -0.05) is 27.5 Å². The van der Waals surface area contributed by atoms with Crippen molar-refractivity contribution in [2.24, 2.45) is 0 Å². The van der Waals surface area contributed by atoms with Gasteiger partial charge in [0.05, 0.1) is 12.7 Å². The SMILES string of the molecule is COC(=O)c1cc(Br)ccc1NCCOc1ccc(Cl)c(C)c1. The first-order chi connectivity index (χ1) is 11.0. The lowest BCUT2D eigenvalue weighted by Gasteiger charge is -2.12. The third-order valence-corrected chi connectivity index (χ3v) is 4.12. The Morgan fingerprint density at radius 2 is 2.04 bits per heavy atom. The highest BCUT2D eigenvalue weighted by Crippen LogP contribution is 2.23. The minimum Gasteiger partial charge on any atom is -0.492 e. The summed E-state index contributed by atoms with van der Waals surface area (Å²) in [6.07, 6.45) is 0. The third-order valence-electron chi connectivity index (χ3n) is 3.20. The average Bonchev–Trinajstić information content (AvgIpc) is 2.55. The number of esters is 1. The van der Waals surface area contributed by atoms with Crippen molar-refractivity contribution in [1.29, 1.82) is 0 Å². The average molecular weight is 399 g/mol. The summed E-state index contributed by atoms with van der Waals surface area (Å²) < 4.78 is 11.3. The van der Waals surface area contributed by atoms with E-state index in [4.69, 9.17) is 21.1 Å². The van der Waals surface area contributed by atoms with E-state index in [2.05, 4.69) is 21.2 Å². The Morgan fingerprint density at radius 1 is 1.26 bits per heavy atom. The van der Waals surface area contributed by atoms with Crippen LogP contribution >= 0.6 is 27.5 Å². The zero-order valence-corrected chi connectivity index (χ0v) is 15.2. The van der Waals surface area contributed by atoms with Gasteiger partial charge in [-0.2, -0.15) is 0 Å². The van der Waals surface area contributed by atoms with Crippen LogP contribution in [0, 0.1) is 6.92 Å². The fourth-order valence-corrected chi connectivity index (χ4v) is 2.49. The molecule has 6 heteroatoms. The molecule has 23 heavy (non-hydrogen) atoms. The first-order valence-electron chi connectivity index (χ1n) is 7.02. The summed E-state index contributed by atoms with van der Waals surface area (Å²) in [5.41, 5.74) is 2.15. The van der Waals surface area contributed by atoms with Crippen LogP contribution in [0.3, 0.4) is 0 Å². The number of carbonyl (C=O) groups is 1. The number of benzene rings is 2. The zero-order valence-electron chi connectivity index (χ0n) is 12.9. The second-order valence-corrected chi connectivity index (χ2v) is 6.19. The standard InChI is InChI=1S/C17H17BrClNO3/c1-11-9-13(4-5-15(11)19)23-8-7-20-16-6-3-12(18)10-14(16)17(21)22-2/h3-6,9-10,20H,7-8H2,1-2H3. The summed E-state index contributed by atoms with van der Waals surface area (Å²) in [7, 11) is 1.36. The van der Waals surface area contributed by atoms with Crippen molar-refractivity contribution >= 4 is 39.2 Å². The maximum Gasteiger partial charge on any atom is 0.340 e. The highest BCUT2D eigenvalue weighted by Gasteiger charge is 2.12. The quantitative estimate of drug-likeness (QED) is 0.566. The lowest BCUT2D eigenvalue weighted by Crippen LogP contribution is -2.14. The van der Waals surface area contributed by atoms with E-state index in [-0.39, 0.29) is 5.97 Å². The van der Waals surface area contributed by atoms with Crippen molar-refractivity contribution in [1.82, 2.24) is 0 Å². The van der Waals surface area contributed by atoms with E-state index >= 15 is 0 Å². The summed E-state index contributed by atoms with van der Waals surface area (Å²) in [6.45, 7) is 2.93. The van der Waals surface area contributed by atoms with Gasteiger partial charge in [-0.25, -0.2) is 4.79 Å². The molecule has 0 radical (unpaired) electrons. The summed E-state index contributed by atoms with van der Waals surface area (Å²) in [5, 5.41) is 3.90. The van der Waals surface area contributed by atoms with E-state index < -0.39 is 0 Å². The van der Waals surface area contributed by atoms with E-state index in [1.807, 2.05) is 37.3 Å². The topological polar surface area (TPSA) is 47.6 Å². The Hall–Kier alpha value is -1.72. The van der Waals surface area contributed by atoms with Gasteiger partial charge in [0, 0.05) is 21.7 Å². The molecular weight excluding hydrogens is 382 g/mol. The summed E-state index contributed by atoms with van der Waals surface area (Å²) >= 11 is 9.33. The first kappa shape index (κ1) is 17.6. The lowest BCUT2D eigenvalue weighted by atomic mass is 10.2. The van der Waals surface area contributed by atoms with Crippen molar-refractivity contribution in [2.75, 3.05) is 25.6 Å². The molecule has 0 atom stereocenters. The summed E-state index contributed by atoms with van der Waals surface area (Å²) in [5.74, 6) is 0.376. The Labute approximate surface area is 148 Å². The number of carbonyl (C=O) groups excluding carboxylic acids is 1. The smallest absolute Gasteiger partial charge is 0.340 e. The summed E-state index contributed by atoms with van der Waals surface area (Å²) in [4.78, 5) is 11.8. The van der Waals surface area contributed by atoms with Gasteiger partial charge in [-0.15, -0.1) is 0 Å². The maximum absolute atomic E-state index is 11.8. The number of anilines is 1. The molecule has 1 N–H and O–H groups in total. The molecular formula is C17H17BrClNO3. The molecule has 0 aliphatic carbocycles. The predicted molar refractivity (Wildman–Crippen MR) is 95.7 cm³/mol. The van der Waals surface area contributed by atoms with Crippen LogP contribution < -0.4 is 10.1 Å². The number of methoxy groups -OCH3 is 1. The van der Waals surface area contributed by atoms with E-state index in [1.54, 1.807) is 6.07 Å². The molecule has 0 bridgehead atoms. The molecule has 0 saturated carbocycles.